The molecular weight excluding hydrogens is 270 g/mol. The molecule has 1 atom stereocenters. The first-order chi connectivity index (χ1) is 10.3. The smallest absolute Gasteiger partial charge is 0.246 e. The maximum atomic E-state index is 12.1. The van der Waals surface area contributed by atoms with Gasteiger partial charge in [-0.05, 0) is 61.3 Å². The van der Waals surface area contributed by atoms with Crippen molar-refractivity contribution in [1.29, 1.82) is 0 Å². The van der Waals surface area contributed by atoms with Gasteiger partial charge in [0.05, 0.1) is 0 Å². The SMILES string of the molecule is C=C1CCCC(C)(C)C1CCC1=CC(=O)N(CCC(C)C)C1. The third-order valence-electron chi connectivity index (χ3n) is 5.52. The van der Waals surface area contributed by atoms with E-state index in [-0.39, 0.29) is 5.91 Å². The van der Waals surface area contributed by atoms with E-state index in [1.165, 1.54) is 30.4 Å². The zero-order valence-corrected chi connectivity index (χ0v) is 15.0. The summed E-state index contributed by atoms with van der Waals surface area (Å²) in [6.45, 7) is 15.3. The number of carbonyl (C=O) groups excluding carboxylic acids is 1. The molecule has 1 aliphatic carbocycles. The Morgan fingerprint density at radius 1 is 1.41 bits per heavy atom. The zero-order chi connectivity index (χ0) is 16.3. The highest BCUT2D eigenvalue weighted by molar-refractivity contribution is 5.91. The summed E-state index contributed by atoms with van der Waals surface area (Å²) in [5, 5.41) is 0. The van der Waals surface area contributed by atoms with Crippen LogP contribution in [0.4, 0.5) is 0 Å². The van der Waals surface area contributed by atoms with Crippen LogP contribution in [0.25, 0.3) is 0 Å². The van der Waals surface area contributed by atoms with Gasteiger partial charge in [0.25, 0.3) is 0 Å². The minimum atomic E-state index is 0.220. The Hall–Kier alpha value is -1.05. The molecule has 1 unspecified atom stereocenters. The quantitative estimate of drug-likeness (QED) is 0.635. The average Bonchev–Trinajstić information content (AvgIpc) is 2.75. The highest BCUT2D eigenvalue weighted by Crippen LogP contribution is 2.45. The Balaban J connectivity index is 1.86. The van der Waals surface area contributed by atoms with Crippen molar-refractivity contribution in [3.63, 3.8) is 0 Å². The maximum Gasteiger partial charge on any atom is 0.246 e. The van der Waals surface area contributed by atoms with E-state index in [0.717, 1.165) is 32.4 Å². The first-order valence-corrected chi connectivity index (χ1v) is 8.95. The van der Waals surface area contributed by atoms with E-state index in [2.05, 4.69) is 34.3 Å². The molecule has 0 aromatic carbocycles. The Morgan fingerprint density at radius 2 is 2.14 bits per heavy atom. The minimum Gasteiger partial charge on any atom is -0.335 e. The lowest BCUT2D eigenvalue weighted by Crippen LogP contribution is -2.30. The Bertz CT molecular complexity index is 458. The van der Waals surface area contributed by atoms with E-state index in [9.17, 15) is 4.79 Å². The third-order valence-corrected chi connectivity index (χ3v) is 5.52. The second-order valence-electron chi connectivity index (χ2n) is 8.34. The summed E-state index contributed by atoms with van der Waals surface area (Å²) in [7, 11) is 0. The van der Waals surface area contributed by atoms with Crippen LogP contribution in [0.5, 0.6) is 0 Å². The fraction of sp³-hybridized carbons (Fsp3) is 0.750. The fourth-order valence-corrected chi connectivity index (χ4v) is 3.99. The van der Waals surface area contributed by atoms with Gasteiger partial charge in [-0.25, -0.2) is 0 Å². The molecular formula is C20H33NO. The van der Waals surface area contributed by atoms with Crippen molar-refractivity contribution in [1.82, 2.24) is 4.90 Å². The van der Waals surface area contributed by atoms with Crippen molar-refractivity contribution >= 4 is 5.91 Å². The number of nitrogens with zero attached hydrogens (tertiary/aromatic N) is 1. The number of amides is 1. The zero-order valence-electron chi connectivity index (χ0n) is 15.0. The van der Waals surface area contributed by atoms with Crippen LogP contribution in [0.3, 0.4) is 0 Å². The molecule has 1 fully saturated rings. The summed E-state index contributed by atoms with van der Waals surface area (Å²) < 4.78 is 0. The van der Waals surface area contributed by atoms with Gasteiger partial charge >= 0.3 is 0 Å². The second kappa shape index (κ2) is 7.02. The van der Waals surface area contributed by atoms with Gasteiger partial charge in [0.1, 0.15) is 0 Å². The number of rotatable bonds is 6. The third kappa shape index (κ3) is 4.24. The van der Waals surface area contributed by atoms with Gasteiger partial charge in [-0.1, -0.05) is 39.8 Å². The lowest BCUT2D eigenvalue weighted by molar-refractivity contribution is -0.124. The average molecular weight is 303 g/mol. The molecule has 0 radical (unpaired) electrons. The second-order valence-corrected chi connectivity index (χ2v) is 8.34. The van der Waals surface area contributed by atoms with Crippen molar-refractivity contribution in [2.75, 3.05) is 13.1 Å². The summed E-state index contributed by atoms with van der Waals surface area (Å²) in [6, 6.07) is 0. The normalized spacial score (nSPS) is 25.0. The van der Waals surface area contributed by atoms with E-state index in [1.54, 1.807) is 0 Å². The molecule has 22 heavy (non-hydrogen) atoms. The van der Waals surface area contributed by atoms with Crippen LogP contribution in [0.1, 0.15) is 66.2 Å². The minimum absolute atomic E-state index is 0.220. The maximum absolute atomic E-state index is 12.1. The van der Waals surface area contributed by atoms with Gasteiger partial charge in [0, 0.05) is 19.2 Å². The molecule has 2 rings (SSSR count). The lowest BCUT2D eigenvalue weighted by Gasteiger charge is -2.40. The Labute approximate surface area is 136 Å². The van der Waals surface area contributed by atoms with Crippen molar-refractivity contribution in [2.45, 2.75) is 66.2 Å². The lowest BCUT2D eigenvalue weighted by atomic mass is 9.65. The summed E-state index contributed by atoms with van der Waals surface area (Å²) in [5.41, 5.74) is 3.12. The van der Waals surface area contributed by atoms with Crippen LogP contribution in [0, 0.1) is 17.3 Å². The molecule has 2 aliphatic rings. The summed E-state index contributed by atoms with van der Waals surface area (Å²) >= 11 is 0. The highest BCUT2D eigenvalue weighted by atomic mass is 16.2. The van der Waals surface area contributed by atoms with E-state index >= 15 is 0 Å². The predicted octanol–water partition coefficient (Wildman–Crippen LogP) is 4.96. The van der Waals surface area contributed by atoms with Crippen molar-refractivity contribution < 1.29 is 4.79 Å². The highest BCUT2D eigenvalue weighted by Gasteiger charge is 2.34. The van der Waals surface area contributed by atoms with Crippen LogP contribution in [0.2, 0.25) is 0 Å². The monoisotopic (exact) mass is 303 g/mol. The first kappa shape index (κ1) is 17.3. The van der Waals surface area contributed by atoms with Gasteiger partial charge in [0.15, 0.2) is 0 Å². The first-order valence-electron chi connectivity index (χ1n) is 8.95. The van der Waals surface area contributed by atoms with Gasteiger partial charge in [-0.15, -0.1) is 0 Å². The number of hydrogen-bond donors (Lipinski definition) is 0. The van der Waals surface area contributed by atoms with Gasteiger partial charge in [-0.2, -0.15) is 0 Å². The molecule has 2 nitrogen and oxygen atoms in total. The van der Waals surface area contributed by atoms with E-state index in [4.69, 9.17) is 0 Å². The molecule has 0 aromatic rings. The fourth-order valence-electron chi connectivity index (χ4n) is 3.99. The van der Waals surface area contributed by atoms with Crippen LogP contribution in [0.15, 0.2) is 23.8 Å². The Morgan fingerprint density at radius 3 is 2.77 bits per heavy atom. The molecule has 0 N–H and O–H groups in total. The van der Waals surface area contributed by atoms with Crippen molar-refractivity contribution in [2.24, 2.45) is 17.3 Å². The van der Waals surface area contributed by atoms with Crippen LogP contribution < -0.4 is 0 Å². The van der Waals surface area contributed by atoms with E-state index in [1.807, 2.05) is 11.0 Å². The molecule has 1 heterocycles. The van der Waals surface area contributed by atoms with E-state index < -0.39 is 0 Å². The molecule has 2 heteroatoms. The molecule has 1 aliphatic heterocycles. The predicted molar refractivity (Wildman–Crippen MR) is 93.6 cm³/mol. The standard InChI is InChI=1S/C20H33NO/c1-15(2)10-12-21-14-17(13-19(21)22)8-9-18-16(3)7-6-11-20(18,4)5/h13,15,18H,3,6-12,14H2,1-2,4-5H3. The van der Waals surface area contributed by atoms with Crippen molar-refractivity contribution in [3.05, 3.63) is 23.8 Å². The molecule has 1 saturated carbocycles. The Kier molecular flexibility index (Phi) is 5.52. The van der Waals surface area contributed by atoms with Gasteiger partial charge in [0.2, 0.25) is 5.91 Å². The van der Waals surface area contributed by atoms with Crippen molar-refractivity contribution in [3.8, 4) is 0 Å². The molecule has 0 saturated heterocycles. The summed E-state index contributed by atoms with van der Waals surface area (Å²) in [4.78, 5) is 14.1. The van der Waals surface area contributed by atoms with Gasteiger partial charge < -0.3 is 4.90 Å². The van der Waals surface area contributed by atoms with E-state index in [0.29, 0.717) is 17.3 Å². The molecule has 0 bridgehead atoms. The number of carbonyl (C=O) groups is 1. The molecule has 0 spiro atoms. The number of allylic oxidation sites excluding steroid dienone is 1. The van der Waals surface area contributed by atoms with Crippen LogP contribution in [-0.4, -0.2) is 23.9 Å². The number of hydrogen-bond acceptors (Lipinski definition) is 1. The molecule has 124 valence electrons. The summed E-state index contributed by atoms with van der Waals surface area (Å²) in [5.74, 6) is 1.49. The molecule has 1 amide bonds. The van der Waals surface area contributed by atoms with Crippen LogP contribution in [-0.2, 0) is 4.79 Å². The molecule has 0 aromatic heterocycles. The van der Waals surface area contributed by atoms with Gasteiger partial charge in [-0.3, -0.25) is 4.79 Å². The topological polar surface area (TPSA) is 20.3 Å². The largest absolute Gasteiger partial charge is 0.335 e. The summed E-state index contributed by atoms with van der Waals surface area (Å²) in [6.07, 6.45) is 8.96. The van der Waals surface area contributed by atoms with Crippen LogP contribution >= 0.6 is 0 Å².